The van der Waals surface area contributed by atoms with Crippen molar-refractivity contribution in [3.63, 3.8) is 0 Å². The van der Waals surface area contributed by atoms with Crippen molar-refractivity contribution in [1.29, 1.82) is 0 Å². The number of rotatable bonds is 6. The van der Waals surface area contributed by atoms with Crippen molar-refractivity contribution in [3.05, 3.63) is 23.9 Å². The van der Waals surface area contributed by atoms with E-state index in [-0.39, 0.29) is 12.6 Å². The van der Waals surface area contributed by atoms with Gasteiger partial charge in [0.1, 0.15) is 5.82 Å². The molecule has 0 bridgehead atoms. The zero-order valence-corrected chi connectivity index (χ0v) is 10.3. The third-order valence-corrected chi connectivity index (χ3v) is 2.50. The topological polar surface area (TPSA) is 79.4 Å². The van der Waals surface area contributed by atoms with E-state index in [1.165, 1.54) is 0 Å². The van der Waals surface area contributed by atoms with E-state index in [9.17, 15) is 4.79 Å². The van der Waals surface area contributed by atoms with E-state index in [4.69, 9.17) is 10.8 Å². The van der Waals surface area contributed by atoms with Crippen molar-refractivity contribution in [1.82, 2.24) is 4.98 Å². The summed E-state index contributed by atoms with van der Waals surface area (Å²) in [5.41, 5.74) is 5.74. The lowest BCUT2D eigenvalue weighted by atomic mass is 10.2. The Morgan fingerprint density at radius 3 is 2.82 bits per heavy atom. The number of pyridine rings is 1. The van der Waals surface area contributed by atoms with Gasteiger partial charge < -0.3 is 15.7 Å². The number of aromatic nitrogens is 1. The molecule has 1 rings (SSSR count). The number of nitrogens with zero attached hydrogens (tertiary/aromatic N) is 2. The molecule has 0 saturated carbocycles. The maximum atomic E-state index is 11.3. The predicted molar refractivity (Wildman–Crippen MR) is 66.9 cm³/mol. The largest absolute Gasteiger partial charge is 0.396 e. The molecule has 5 nitrogen and oxygen atoms in total. The van der Waals surface area contributed by atoms with Gasteiger partial charge in [0.2, 0.25) is 0 Å². The van der Waals surface area contributed by atoms with Crippen LogP contribution < -0.4 is 10.6 Å². The van der Waals surface area contributed by atoms with Crippen molar-refractivity contribution in [3.8, 4) is 0 Å². The minimum atomic E-state index is -0.484. The van der Waals surface area contributed by atoms with Crippen molar-refractivity contribution in [2.75, 3.05) is 18.1 Å². The van der Waals surface area contributed by atoms with Crippen LogP contribution in [-0.4, -0.2) is 35.2 Å². The highest BCUT2D eigenvalue weighted by atomic mass is 16.3. The standard InChI is InChI=1S/C12H19N3O2/c1-9(2)15(7-4-8-16)12-10(11(13)17)5-3-6-14-12/h3,5-6,9,16H,4,7-8H2,1-2H3,(H2,13,17). The van der Waals surface area contributed by atoms with Crippen LogP contribution in [0.4, 0.5) is 5.82 Å². The lowest BCUT2D eigenvalue weighted by Gasteiger charge is -2.28. The lowest BCUT2D eigenvalue weighted by molar-refractivity contribution is 0.100. The Hall–Kier alpha value is -1.62. The maximum absolute atomic E-state index is 11.3. The number of primary amides is 1. The summed E-state index contributed by atoms with van der Waals surface area (Å²) in [6.07, 6.45) is 2.27. The van der Waals surface area contributed by atoms with Crippen LogP contribution in [0.25, 0.3) is 0 Å². The van der Waals surface area contributed by atoms with Crippen LogP contribution in [0.2, 0.25) is 0 Å². The molecular weight excluding hydrogens is 218 g/mol. The molecule has 0 atom stereocenters. The van der Waals surface area contributed by atoms with Crippen LogP contribution in [0.5, 0.6) is 0 Å². The van der Waals surface area contributed by atoms with Crippen LogP contribution >= 0.6 is 0 Å². The van der Waals surface area contributed by atoms with E-state index in [2.05, 4.69) is 4.98 Å². The first-order chi connectivity index (χ1) is 8.07. The van der Waals surface area contributed by atoms with E-state index in [1.807, 2.05) is 18.7 Å². The second-order valence-electron chi connectivity index (χ2n) is 4.10. The SMILES string of the molecule is CC(C)N(CCCO)c1ncccc1C(N)=O. The van der Waals surface area contributed by atoms with Gasteiger partial charge in [-0.2, -0.15) is 0 Å². The molecule has 1 amide bonds. The number of carbonyl (C=O) groups is 1. The van der Waals surface area contributed by atoms with Gasteiger partial charge in [-0.15, -0.1) is 0 Å². The van der Waals surface area contributed by atoms with Gasteiger partial charge in [0.15, 0.2) is 0 Å². The second kappa shape index (κ2) is 6.20. The smallest absolute Gasteiger partial charge is 0.252 e. The number of amides is 1. The third-order valence-electron chi connectivity index (χ3n) is 2.50. The molecule has 0 aliphatic carbocycles. The monoisotopic (exact) mass is 237 g/mol. The number of nitrogens with two attached hydrogens (primary N) is 1. The molecule has 1 aromatic heterocycles. The molecule has 0 saturated heterocycles. The first-order valence-corrected chi connectivity index (χ1v) is 5.70. The van der Waals surface area contributed by atoms with Gasteiger partial charge in [0.25, 0.3) is 5.91 Å². The van der Waals surface area contributed by atoms with Crippen molar-refractivity contribution >= 4 is 11.7 Å². The van der Waals surface area contributed by atoms with Gasteiger partial charge in [-0.25, -0.2) is 4.98 Å². The predicted octanol–water partition coefficient (Wildman–Crippen LogP) is 0.778. The molecule has 1 heterocycles. The fourth-order valence-corrected chi connectivity index (χ4v) is 1.67. The van der Waals surface area contributed by atoms with Crippen LogP contribution in [-0.2, 0) is 0 Å². The van der Waals surface area contributed by atoms with E-state index in [0.29, 0.717) is 24.3 Å². The summed E-state index contributed by atoms with van der Waals surface area (Å²) < 4.78 is 0. The number of hydrogen-bond acceptors (Lipinski definition) is 4. The van der Waals surface area contributed by atoms with Crippen LogP contribution in [0.3, 0.4) is 0 Å². The van der Waals surface area contributed by atoms with Gasteiger partial charge >= 0.3 is 0 Å². The van der Waals surface area contributed by atoms with Crippen LogP contribution in [0.1, 0.15) is 30.6 Å². The van der Waals surface area contributed by atoms with Gasteiger partial charge in [0, 0.05) is 25.4 Å². The summed E-state index contributed by atoms with van der Waals surface area (Å²) in [5, 5.41) is 8.88. The second-order valence-corrected chi connectivity index (χ2v) is 4.10. The molecule has 0 fully saturated rings. The average Bonchev–Trinajstić information content (AvgIpc) is 2.29. The summed E-state index contributed by atoms with van der Waals surface area (Å²) in [6, 6.07) is 3.54. The van der Waals surface area contributed by atoms with Gasteiger partial charge in [-0.05, 0) is 32.4 Å². The van der Waals surface area contributed by atoms with Crippen LogP contribution in [0, 0.1) is 0 Å². The fraction of sp³-hybridized carbons (Fsp3) is 0.500. The molecule has 1 aromatic rings. The van der Waals surface area contributed by atoms with Gasteiger partial charge in [-0.3, -0.25) is 4.79 Å². The fourth-order valence-electron chi connectivity index (χ4n) is 1.67. The van der Waals surface area contributed by atoms with Crippen molar-refractivity contribution in [2.24, 2.45) is 5.73 Å². The number of hydrogen-bond donors (Lipinski definition) is 2. The number of aliphatic hydroxyl groups excluding tert-OH is 1. The molecule has 0 aliphatic rings. The Kier molecular flexibility index (Phi) is 4.90. The zero-order valence-electron chi connectivity index (χ0n) is 10.3. The van der Waals surface area contributed by atoms with E-state index in [0.717, 1.165) is 0 Å². The maximum Gasteiger partial charge on any atom is 0.252 e. The van der Waals surface area contributed by atoms with Crippen molar-refractivity contribution < 1.29 is 9.90 Å². The molecule has 17 heavy (non-hydrogen) atoms. The Morgan fingerprint density at radius 2 is 2.29 bits per heavy atom. The molecule has 0 aromatic carbocycles. The Labute approximate surface area is 101 Å². The molecular formula is C12H19N3O2. The van der Waals surface area contributed by atoms with Crippen molar-refractivity contribution in [2.45, 2.75) is 26.3 Å². The van der Waals surface area contributed by atoms with E-state index in [1.54, 1.807) is 18.3 Å². The highest BCUT2D eigenvalue weighted by Crippen LogP contribution is 2.19. The molecule has 0 radical (unpaired) electrons. The van der Waals surface area contributed by atoms with E-state index < -0.39 is 5.91 Å². The average molecular weight is 237 g/mol. The Bertz CT molecular complexity index is 380. The van der Waals surface area contributed by atoms with Gasteiger partial charge in [-0.1, -0.05) is 0 Å². The lowest BCUT2D eigenvalue weighted by Crippen LogP contribution is -2.34. The molecule has 94 valence electrons. The minimum Gasteiger partial charge on any atom is -0.396 e. The van der Waals surface area contributed by atoms with E-state index >= 15 is 0 Å². The first-order valence-electron chi connectivity index (χ1n) is 5.70. The molecule has 0 unspecified atom stereocenters. The van der Waals surface area contributed by atoms with Crippen LogP contribution in [0.15, 0.2) is 18.3 Å². The first kappa shape index (κ1) is 13.4. The molecule has 5 heteroatoms. The van der Waals surface area contributed by atoms with Gasteiger partial charge in [0.05, 0.1) is 5.56 Å². The number of aliphatic hydroxyl groups is 1. The summed E-state index contributed by atoms with van der Waals surface area (Å²) in [4.78, 5) is 17.5. The summed E-state index contributed by atoms with van der Waals surface area (Å²) >= 11 is 0. The summed E-state index contributed by atoms with van der Waals surface area (Å²) in [6.45, 7) is 4.78. The Morgan fingerprint density at radius 1 is 1.59 bits per heavy atom. The third kappa shape index (κ3) is 3.42. The molecule has 0 spiro atoms. The molecule has 3 N–H and O–H groups in total. The minimum absolute atomic E-state index is 0.113. The normalized spacial score (nSPS) is 10.6. The number of carbonyl (C=O) groups excluding carboxylic acids is 1. The summed E-state index contributed by atoms with van der Waals surface area (Å²) in [7, 11) is 0. The highest BCUT2D eigenvalue weighted by molar-refractivity contribution is 5.97. The quantitative estimate of drug-likeness (QED) is 0.766. The molecule has 0 aliphatic heterocycles. The Balaban J connectivity index is 3.04. The zero-order chi connectivity index (χ0) is 12.8. The number of anilines is 1. The summed E-state index contributed by atoms with van der Waals surface area (Å²) in [5.74, 6) is 0.103. The highest BCUT2D eigenvalue weighted by Gasteiger charge is 2.17.